The fraction of sp³-hybridized carbons (Fsp3) is 1.00. The van der Waals surface area contributed by atoms with Gasteiger partial charge in [-0.1, -0.05) is 33.1 Å². The molecule has 0 amide bonds. The average molecular weight is 218 g/mol. The molecule has 0 aromatic heterocycles. The van der Waals surface area contributed by atoms with E-state index in [1.807, 2.05) is 0 Å². The largest absolute Gasteiger partial charge is 0.310 e. The quantitative estimate of drug-likeness (QED) is 0.695. The molecule has 0 heterocycles. The van der Waals surface area contributed by atoms with Crippen LogP contribution in [0.2, 0.25) is 0 Å². The number of rotatable bonds is 5. The van der Waals surface area contributed by atoms with Crippen molar-refractivity contribution in [2.24, 2.45) is 5.92 Å². The molecule has 84 valence electrons. The molecule has 0 spiro atoms. The van der Waals surface area contributed by atoms with Crippen LogP contribution in [0, 0.1) is 5.92 Å². The molecule has 1 atom stereocenters. The molecule has 14 heavy (non-hydrogen) atoms. The second kappa shape index (κ2) is 6.68. The molecule has 1 N–H and O–H groups in total. The lowest BCUT2D eigenvalue weighted by atomic mass is 9.94. The van der Waals surface area contributed by atoms with Crippen molar-refractivity contribution in [2.75, 3.05) is 5.88 Å². The summed E-state index contributed by atoms with van der Waals surface area (Å²) in [5.41, 5.74) is 0. The Morgan fingerprint density at radius 3 is 2.36 bits per heavy atom. The van der Waals surface area contributed by atoms with Crippen LogP contribution in [-0.4, -0.2) is 18.0 Å². The van der Waals surface area contributed by atoms with Crippen molar-refractivity contribution in [2.45, 2.75) is 64.5 Å². The van der Waals surface area contributed by atoms with Gasteiger partial charge in [-0.3, -0.25) is 0 Å². The first-order valence-electron chi connectivity index (χ1n) is 6.04. The highest BCUT2D eigenvalue weighted by molar-refractivity contribution is 6.18. The Labute approximate surface area is 93.6 Å². The molecule has 1 fully saturated rings. The van der Waals surface area contributed by atoms with E-state index < -0.39 is 0 Å². The van der Waals surface area contributed by atoms with Crippen LogP contribution in [0.3, 0.4) is 0 Å². The summed E-state index contributed by atoms with van der Waals surface area (Å²) in [5.74, 6) is 1.50. The molecule has 0 saturated heterocycles. The zero-order valence-electron chi connectivity index (χ0n) is 9.56. The maximum atomic E-state index is 5.97. The van der Waals surface area contributed by atoms with E-state index in [9.17, 15) is 0 Å². The minimum atomic E-state index is 0.528. The van der Waals surface area contributed by atoms with Gasteiger partial charge in [0, 0.05) is 18.0 Å². The van der Waals surface area contributed by atoms with E-state index in [-0.39, 0.29) is 0 Å². The SMILES string of the molecule is CC(C)CC(CCl)NC1CCCCC1. The van der Waals surface area contributed by atoms with Gasteiger partial charge in [0.15, 0.2) is 0 Å². The summed E-state index contributed by atoms with van der Waals surface area (Å²) in [7, 11) is 0. The van der Waals surface area contributed by atoms with Crippen LogP contribution >= 0.6 is 11.6 Å². The Balaban J connectivity index is 2.23. The number of hydrogen-bond donors (Lipinski definition) is 1. The Bertz CT molecular complexity index is 141. The van der Waals surface area contributed by atoms with E-state index in [0.717, 1.165) is 17.8 Å². The number of alkyl halides is 1. The highest BCUT2D eigenvalue weighted by atomic mass is 35.5. The van der Waals surface area contributed by atoms with E-state index in [0.29, 0.717) is 6.04 Å². The van der Waals surface area contributed by atoms with Crippen molar-refractivity contribution in [3.8, 4) is 0 Å². The second-order valence-corrected chi connectivity index (χ2v) is 5.29. The molecular formula is C12H24ClN. The molecule has 0 bridgehead atoms. The average Bonchev–Trinajstić information content (AvgIpc) is 2.17. The lowest BCUT2D eigenvalue weighted by Crippen LogP contribution is -2.41. The molecule has 0 aliphatic heterocycles. The Morgan fingerprint density at radius 1 is 1.21 bits per heavy atom. The van der Waals surface area contributed by atoms with Gasteiger partial charge in [0.2, 0.25) is 0 Å². The molecule has 1 aliphatic carbocycles. The third kappa shape index (κ3) is 4.65. The molecule has 1 nitrogen and oxygen atoms in total. The van der Waals surface area contributed by atoms with Gasteiger partial charge in [-0.05, 0) is 25.2 Å². The van der Waals surface area contributed by atoms with E-state index >= 15 is 0 Å². The van der Waals surface area contributed by atoms with Crippen LogP contribution in [0.5, 0.6) is 0 Å². The van der Waals surface area contributed by atoms with Crippen LogP contribution in [-0.2, 0) is 0 Å². The fourth-order valence-electron chi connectivity index (χ4n) is 2.35. The Kier molecular flexibility index (Phi) is 5.88. The van der Waals surface area contributed by atoms with Gasteiger partial charge >= 0.3 is 0 Å². The molecule has 0 aromatic rings. The fourth-order valence-corrected chi connectivity index (χ4v) is 2.56. The first-order valence-corrected chi connectivity index (χ1v) is 6.58. The van der Waals surface area contributed by atoms with Gasteiger partial charge in [0.1, 0.15) is 0 Å². The van der Waals surface area contributed by atoms with Gasteiger partial charge < -0.3 is 5.32 Å². The van der Waals surface area contributed by atoms with E-state index in [1.165, 1.54) is 38.5 Å². The minimum Gasteiger partial charge on any atom is -0.310 e. The molecule has 1 aliphatic rings. The molecule has 0 aromatic carbocycles. The zero-order chi connectivity index (χ0) is 10.4. The van der Waals surface area contributed by atoms with E-state index in [2.05, 4.69) is 19.2 Å². The van der Waals surface area contributed by atoms with Crippen molar-refractivity contribution in [3.63, 3.8) is 0 Å². The van der Waals surface area contributed by atoms with Gasteiger partial charge in [0.05, 0.1) is 0 Å². The minimum absolute atomic E-state index is 0.528. The summed E-state index contributed by atoms with van der Waals surface area (Å²) in [4.78, 5) is 0. The first-order chi connectivity index (χ1) is 6.72. The normalized spacial score (nSPS) is 21.4. The molecule has 2 heteroatoms. The van der Waals surface area contributed by atoms with Gasteiger partial charge in [0.25, 0.3) is 0 Å². The number of nitrogens with one attached hydrogen (secondary N) is 1. The van der Waals surface area contributed by atoms with Gasteiger partial charge in [-0.25, -0.2) is 0 Å². The van der Waals surface area contributed by atoms with Crippen LogP contribution in [0.1, 0.15) is 52.4 Å². The van der Waals surface area contributed by atoms with E-state index in [4.69, 9.17) is 11.6 Å². The van der Waals surface area contributed by atoms with Crippen molar-refractivity contribution in [3.05, 3.63) is 0 Å². The topological polar surface area (TPSA) is 12.0 Å². The highest BCUT2D eigenvalue weighted by Gasteiger charge is 2.17. The highest BCUT2D eigenvalue weighted by Crippen LogP contribution is 2.19. The third-order valence-electron chi connectivity index (χ3n) is 3.02. The van der Waals surface area contributed by atoms with Crippen LogP contribution in [0.25, 0.3) is 0 Å². The predicted octanol–water partition coefficient (Wildman–Crippen LogP) is 3.56. The molecular weight excluding hydrogens is 194 g/mol. The van der Waals surface area contributed by atoms with Crippen LogP contribution < -0.4 is 5.32 Å². The standard InChI is InChI=1S/C12H24ClN/c1-10(2)8-12(9-13)14-11-6-4-3-5-7-11/h10-12,14H,3-9H2,1-2H3. The lowest BCUT2D eigenvalue weighted by Gasteiger charge is -2.28. The van der Waals surface area contributed by atoms with Crippen molar-refractivity contribution in [1.82, 2.24) is 5.32 Å². The lowest BCUT2D eigenvalue weighted by molar-refractivity contribution is 0.323. The number of halogens is 1. The molecule has 1 saturated carbocycles. The summed E-state index contributed by atoms with van der Waals surface area (Å²) in [6, 6.07) is 1.27. The smallest absolute Gasteiger partial charge is 0.0377 e. The molecule has 1 unspecified atom stereocenters. The second-order valence-electron chi connectivity index (χ2n) is 4.98. The Morgan fingerprint density at radius 2 is 1.86 bits per heavy atom. The Hall–Kier alpha value is 0.250. The summed E-state index contributed by atoms with van der Waals surface area (Å²) in [6.45, 7) is 4.53. The van der Waals surface area contributed by atoms with Crippen molar-refractivity contribution >= 4 is 11.6 Å². The van der Waals surface area contributed by atoms with Gasteiger partial charge in [-0.15, -0.1) is 11.6 Å². The van der Waals surface area contributed by atoms with E-state index in [1.54, 1.807) is 0 Å². The molecule has 1 rings (SSSR count). The summed E-state index contributed by atoms with van der Waals surface area (Å²) < 4.78 is 0. The monoisotopic (exact) mass is 217 g/mol. The first kappa shape index (κ1) is 12.3. The van der Waals surface area contributed by atoms with Crippen molar-refractivity contribution in [1.29, 1.82) is 0 Å². The third-order valence-corrected chi connectivity index (χ3v) is 3.39. The maximum absolute atomic E-state index is 5.97. The number of hydrogen-bond acceptors (Lipinski definition) is 1. The summed E-state index contributed by atoms with van der Waals surface area (Å²) in [6.07, 6.45) is 8.13. The van der Waals surface area contributed by atoms with Crippen molar-refractivity contribution < 1.29 is 0 Å². The predicted molar refractivity (Wildman–Crippen MR) is 64.0 cm³/mol. The van der Waals surface area contributed by atoms with Crippen LogP contribution in [0.4, 0.5) is 0 Å². The van der Waals surface area contributed by atoms with Gasteiger partial charge in [-0.2, -0.15) is 0 Å². The zero-order valence-corrected chi connectivity index (χ0v) is 10.3. The molecule has 0 radical (unpaired) electrons. The maximum Gasteiger partial charge on any atom is 0.0377 e. The van der Waals surface area contributed by atoms with Crippen LogP contribution in [0.15, 0.2) is 0 Å². The summed E-state index contributed by atoms with van der Waals surface area (Å²) >= 11 is 5.97. The summed E-state index contributed by atoms with van der Waals surface area (Å²) in [5, 5.41) is 3.70.